The van der Waals surface area contributed by atoms with Gasteiger partial charge in [0.15, 0.2) is 0 Å². The Morgan fingerprint density at radius 2 is 2.00 bits per heavy atom. The Labute approximate surface area is 123 Å². The molecule has 2 rings (SSSR count). The molecule has 0 saturated carbocycles. The number of alkyl halides is 3. The molecule has 20 heavy (non-hydrogen) atoms. The van der Waals surface area contributed by atoms with Crippen molar-refractivity contribution in [2.24, 2.45) is 0 Å². The van der Waals surface area contributed by atoms with Crippen LogP contribution in [0.1, 0.15) is 11.1 Å². The van der Waals surface area contributed by atoms with Crippen molar-refractivity contribution in [1.29, 1.82) is 0 Å². The van der Waals surface area contributed by atoms with E-state index in [2.05, 4.69) is 4.98 Å². The van der Waals surface area contributed by atoms with E-state index in [9.17, 15) is 13.2 Å². The van der Waals surface area contributed by atoms with Crippen molar-refractivity contribution in [1.82, 2.24) is 4.98 Å². The van der Waals surface area contributed by atoms with Gasteiger partial charge in [0, 0.05) is 21.9 Å². The SMILES string of the molecule is Nc1ncccc1SCc1cc(Cl)ccc1C(F)(F)F. The molecule has 0 aliphatic rings. The molecule has 0 fully saturated rings. The van der Waals surface area contributed by atoms with Gasteiger partial charge in [0.1, 0.15) is 5.82 Å². The van der Waals surface area contributed by atoms with Crippen LogP contribution in [0.15, 0.2) is 41.4 Å². The van der Waals surface area contributed by atoms with Gasteiger partial charge in [-0.3, -0.25) is 0 Å². The highest BCUT2D eigenvalue weighted by Crippen LogP contribution is 2.36. The monoisotopic (exact) mass is 318 g/mol. The summed E-state index contributed by atoms with van der Waals surface area (Å²) in [6.45, 7) is 0. The molecule has 0 amide bonds. The third kappa shape index (κ3) is 3.58. The van der Waals surface area contributed by atoms with Gasteiger partial charge in [0.2, 0.25) is 0 Å². The number of hydrogen-bond donors (Lipinski definition) is 1. The molecule has 7 heteroatoms. The number of nitrogen functional groups attached to an aromatic ring is 1. The van der Waals surface area contributed by atoms with Crippen LogP contribution in [0.5, 0.6) is 0 Å². The maximum Gasteiger partial charge on any atom is 0.416 e. The number of pyridine rings is 1. The van der Waals surface area contributed by atoms with Crippen molar-refractivity contribution >= 4 is 29.2 Å². The lowest BCUT2D eigenvalue weighted by molar-refractivity contribution is -0.138. The fourth-order valence-corrected chi connectivity index (χ4v) is 2.76. The molecule has 0 unspecified atom stereocenters. The molecule has 2 aromatic rings. The normalized spacial score (nSPS) is 11.6. The zero-order chi connectivity index (χ0) is 14.8. The van der Waals surface area contributed by atoms with Crippen LogP contribution in [0.3, 0.4) is 0 Å². The van der Waals surface area contributed by atoms with Crippen molar-refractivity contribution in [2.75, 3.05) is 5.73 Å². The van der Waals surface area contributed by atoms with Crippen LogP contribution in [-0.2, 0) is 11.9 Å². The first-order chi connectivity index (χ1) is 9.38. The highest BCUT2D eigenvalue weighted by Gasteiger charge is 2.33. The van der Waals surface area contributed by atoms with Crippen molar-refractivity contribution in [3.05, 3.63) is 52.7 Å². The zero-order valence-electron chi connectivity index (χ0n) is 10.1. The first kappa shape index (κ1) is 15.0. The zero-order valence-corrected chi connectivity index (χ0v) is 11.7. The van der Waals surface area contributed by atoms with Gasteiger partial charge in [-0.25, -0.2) is 4.98 Å². The van der Waals surface area contributed by atoms with Gasteiger partial charge in [0.05, 0.1) is 5.56 Å². The lowest BCUT2D eigenvalue weighted by atomic mass is 10.1. The maximum absolute atomic E-state index is 12.9. The lowest BCUT2D eigenvalue weighted by Crippen LogP contribution is -2.08. The summed E-state index contributed by atoms with van der Waals surface area (Å²) in [4.78, 5) is 4.53. The summed E-state index contributed by atoms with van der Waals surface area (Å²) in [5, 5.41) is 0.271. The predicted molar refractivity (Wildman–Crippen MR) is 74.7 cm³/mol. The summed E-state index contributed by atoms with van der Waals surface area (Å²) >= 11 is 6.96. The molecule has 0 spiro atoms. The molecular formula is C13H10ClF3N2S. The number of nitrogens with two attached hydrogens (primary N) is 1. The highest BCUT2D eigenvalue weighted by molar-refractivity contribution is 7.98. The smallest absolute Gasteiger partial charge is 0.383 e. The highest BCUT2D eigenvalue weighted by atomic mass is 35.5. The van der Waals surface area contributed by atoms with Crippen LogP contribution in [0.2, 0.25) is 5.02 Å². The fraction of sp³-hybridized carbons (Fsp3) is 0.154. The van der Waals surface area contributed by atoms with Gasteiger partial charge >= 0.3 is 6.18 Å². The predicted octanol–water partition coefficient (Wildman–Crippen LogP) is 4.63. The van der Waals surface area contributed by atoms with Gasteiger partial charge in [-0.15, -0.1) is 11.8 Å². The quantitative estimate of drug-likeness (QED) is 0.839. The number of thioether (sulfide) groups is 1. The van der Waals surface area contributed by atoms with Crippen LogP contribution < -0.4 is 5.73 Å². The molecule has 1 aromatic heterocycles. The van der Waals surface area contributed by atoms with Crippen molar-refractivity contribution in [2.45, 2.75) is 16.8 Å². The van der Waals surface area contributed by atoms with Crippen molar-refractivity contribution < 1.29 is 13.2 Å². The van der Waals surface area contributed by atoms with Crippen LogP contribution in [0.25, 0.3) is 0 Å². The van der Waals surface area contributed by atoms with Crippen LogP contribution in [0, 0.1) is 0 Å². The molecule has 0 aliphatic carbocycles. The second-order valence-corrected chi connectivity index (χ2v) is 5.43. The third-order valence-electron chi connectivity index (χ3n) is 2.56. The summed E-state index contributed by atoms with van der Waals surface area (Å²) < 4.78 is 38.7. The topological polar surface area (TPSA) is 38.9 Å². The Balaban J connectivity index is 2.25. The minimum absolute atomic E-state index is 0.116. The number of hydrogen-bond acceptors (Lipinski definition) is 3. The Bertz CT molecular complexity index is 617. The summed E-state index contributed by atoms with van der Waals surface area (Å²) in [5.74, 6) is 0.416. The van der Waals surface area contributed by atoms with Gasteiger partial charge in [-0.05, 0) is 35.9 Å². The van der Waals surface area contributed by atoms with E-state index >= 15 is 0 Å². The van der Waals surface area contributed by atoms with E-state index in [1.54, 1.807) is 12.1 Å². The molecule has 2 nitrogen and oxygen atoms in total. The molecule has 0 aliphatic heterocycles. The second kappa shape index (κ2) is 5.93. The molecule has 2 N–H and O–H groups in total. The van der Waals surface area contributed by atoms with Crippen molar-refractivity contribution in [3.63, 3.8) is 0 Å². The lowest BCUT2D eigenvalue weighted by Gasteiger charge is -2.13. The van der Waals surface area contributed by atoms with Gasteiger partial charge in [-0.1, -0.05) is 11.6 Å². The first-order valence-corrected chi connectivity index (χ1v) is 6.93. The second-order valence-electron chi connectivity index (χ2n) is 3.97. The number of halogens is 4. The van der Waals surface area contributed by atoms with E-state index in [4.69, 9.17) is 17.3 Å². The van der Waals surface area contributed by atoms with Gasteiger partial charge in [-0.2, -0.15) is 13.2 Å². The summed E-state index contributed by atoms with van der Waals surface area (Å²) in [6, 6.07) is 6.94. The molecule has 0 atom stereocenters. The molecular weight excluding hydrogens is 309 g/mol. The minimum Gasteiger partial charge on any atom is -0.383 e. The summed E-state index contributed by atoms with van der Waals surface area (Å²) in [7, 11) is 0. The van der Waals surface area contributed by atoms with E-state index in [1.165, 1.54) is 30.1 Å². The number of anilines is 1. The molecule has 0 bridgehead atoms. The standard InChI is InChI=1S/C13H10ClF3N2S/c14-9-3-4-10(13(15,16)17)8(6-9)7-20-11-2-1-5-19-12(11)18/h1-6H,7H2,(H2,18,19). The molecule has 1 heterocycles. The number of rotatable bonds is 3. The van der Waals surface area contributed by atoms with E-state index in [0.29, 0.717) is 10.7 Å². The minimum atomic E-state index is -4.40. The molecule has 0 radical (unpaired) electrons. The Morgan fingerprint density at radius 1 is 1.25 bits per heavy atom. The maximum atomic E-state index is 12.9. The van der Waals surface area contributed by atoms with Gasteiger partial charge < -0.3 is 5.73 Å². The Hall–Kier alpha value is -1.40. The number of benzene rings is 1. The largest absolute Gasteiger partial charge is 0.416 e. The summed E-state index contributed by atoms with van der Waals surface area (Å²) in [5.41, 5.74) is 5.10. The van der Waals surface area contributed by atoms with E-state index in [-0.39, 0.29) is 16.3 Å². The van der Waals surface area contributed by atoms with E-state index in [1.807, 2.05) is 0 Å². The first-order valence-electron chi connectivity index (χ1n) is 5.57. The average Bonchev–Trinajstić information content (AvgIpc) is 2.36. The fourth-order valence-electron chi connectivity index (χ4n) is 1.64. The van der Waals surface area contributed by atoms with Crippen LogP contribution >= 0.6 is 23.4 Å². The van der Waals surface area contributed by atoms with Crippen LogP contribution in [0.4, 0.5) is 19.0 Å². The summed E-state index contributed by atoms with van der Waals surface area (Å²) in [6.07, 6.45) is -2.87. The average molecular weight is 319 g/mol. The van der Waals surface area contributed by atoms with E-state index in [0.717, 1.165) is 6.07 Å². The number of nitrogens with zero attached hydrogens (tertiary/aromatic N) is 1. The third-order valence-corrected chi connectivity index (χ3v) is 3.90. The Kier molecular flexibility index (Phi) is 4.45. The number of aromatic nitrogens is 1. The van der Waals surface area contributed by atoms with Crippen LogP contribution in [-0.4, -0.2) is 4.98 Å². The molecule has 0 saturated heterocycles. The van der Waals surface area contributed by atoms with Gasteiger partial charge in [0.25, 0.3) is 0 Å². The molecule has 1 aromatic carbocycles. The van der Waals surface area contributed by atoms with E-state index < -0.39 is 11.7 Å². The van der Waals surface area contributed by atoms with Crippen molar-refractivity contribution in [3.8, 4) is 0 Å². The Morgan fingerprint density at radius 3 is 2.65 bits per heavy atom. The molecule has 106 valence electrons.